The Hall–Kier alpha value is -2.04. The molecule has 1 saturated carbocycles. The summed E-state index contributed by atoms with van der Waals surface area (Å²) in [6, 6.07) is 8.76. The molecule has 1 heterocycles. The van der Waals surface area contributed by atoms with Crippen LogP contribution in [0.3, 0.4) is 0 Å². The molecular weight excluding hydrogens is 314 g/mol. The molecule has 4 rings (SSSR count). The van der Waals surface area contributed by atoms with E-state index < -0.39 is 0 Å². The number of urea groups is 1. The number of nitrogens with one attached hydrogen (secondary N) is 1. The molecule has 5 nitrogen and oxygen atoms in total. The first-order valence-electron chi connectivity index (χ1n) is 9.62. The third kappa shape index (κ3) is 3.51. The molecule has 0 bridgehead atoms. The molecule has 1 aromatic rings. The lowest BCUT2D eigenvalue weighted by Gasteiger charge is -2.38. The summed E-state index contributed by atoms with van der Waals surface area (Å²) in [5.74, 6) is 0.554. The predicted molar refractivity (Wildman–Crippen MR) is 96.3 cm³/mol. The zero-order chi connectivity index (χ0) is 17.2. The van der Waals surface area contributed by atoms with E-state index in [1.807, 2.05) is 9.80 Å². The van der Waals surface area contributed by atoms with E-state index in [0.29, 0.717) is 32.1 Å². The molecule has 0 aromatic heterocycles. The van der Waals surface area contributed by atoms with Crippen LogP contribution in [0.25, 0.3) is 0 Å². The first kappa shape index (κ1) is 16.4. The van der Waals surface area contributed by atoms with Crippen LogP contribution in [0, 0.1) is 5.92 Å². The number of rotatable bonds is 2. The van der Waals surface area contributed by atoms with Crippen LogP contribution in [-0.4, -0.2) is 54.0 Å². The lowest BCUT2D eigenvalue weighted by atomic mass is 9.84. The SMILES string of the molecule is O=C(N[C@@H]1CCc2ccccc2C1)N1CCN(C(=O)C2CCC2)CC1. The number of aryl methyl sites for hydroxylation is 1. The number of hydrogen-bond acceptors (Lipinski definition) is 2. The molecule has 0 radical (unpaired) electrons. The molecule has 1 saturated heterocycles. The maximum Gasteiger partial charge on any atom is 0.317 e. The predicted octanol–water partition coefficient (Wildman–Crippen LogP) is 2.20. The molecule has 1 aromatic carbocycles. The second-order valence-electron chi connectivity index (χ2n) is 7.60. The highest BCUT2D eigenvalue weighted by Crippen LogP contribution is 2.28. The Labute approximate surface area is 149 Å². The monoisotopic (exact) mass is 341 g/mol. The Morgan fingerprint density at radius 1 is 0.920 bits per heavy atom. The van der Waals surface area contributed by atoms with Crippen molar-refractivity contribution in [3.8, 4) is 0 Å². The van der Waals surface area contributed by atoms with Gasteiger partial charge in [0.1, 0.15) is 0 Å². The van der Waals surface area contributed by atoms with Gasteiger partial charge in [-0.1, -0.05) is 30.7 Å². The van der Waals surface area contributed by atoms with Crippen molar-refractivity contribution in [3.05, 3.63) is 35.4 Å². The summed E-state index contributed by atoms with van der Waals surface area (Å²) in [6.45, 7) is 2.65. The quantitative estimate of drug-likeness (QED) is 0.897. The van der Waals surface area contributed by atoms with E-state index in [9.17, 15) is 9.59 Å². The molecular formula is C20H27N3O2. The topological polar surface area (TPSA) is 52.7 Å². The van der Waals surface area contributed by atoms with Crippen molar-refractivity contribution in [1.29, 1.82) is 0 Å². The van der Waals surface area contributed by atoms with Crippen LogP contribution < -0.4 is 5.32 Å². The van der Waals surface area contributed by atoms with E-state index in [2.05, 4.69) is 29.6 Å². The van der Waals surface area contributed by atoms with E-state index in [-0.39, 0.29) is 18.0 Å². The highest BCUT2D eigenvalue weighted by Gasteiger charge is 2.32. The molecule has 3 amide bonds. The van der Waals surface area contributed by atoms with Gasteiger partial charge in [-0.25, -0.2) is 4.79 Å². The van der Waals surface area contributed by atoms with Crippen molar-refractivity contribution in [2.75, 3.05) is 26.2 Å². The van der Waals surface area contributed by atoms with Gasteiger partial charge in [0.2, 0.25) is 5.91 Å². The number of amides is 3. The second-order valence-corrected chi connectivity index (χ2v) is 7.60. The standard InChI is InChI=1S/C20H27N3O2/c24-19(16-6-3-7-16)22-10-12-23(13-11-22)20(25)21-18-9-8-15-4-1-2-5-17(15)14-18/h1-2,4-5,16,18H,3,6-14H2,(H,21,25)/t18-/m1/s1. The molecule has 25 heavy (non-hydrogen) atoms. The molecule has 0 unspecified atom stereocenters. The van der Waals surface area contributed by atoms with E-state index >= 15 is 0 Å². The van der Waals surface area contributed by atoms with Gasteiger partial charge in [0.05, 0.1) is 0 Å². The van der Waals surface area contributed by atoms with Gasteiger partial charge >= 0.3 is 6.03 Å². The van der Waals surface area contributed by atoms with E-state index in [1.165, 1.54) is 17.5 Å². The Morgan fingerprint density at radius 3 is 2.28 bits per heavy atom. The van der Waals surface area contributed by atoms with Crippen LogP contribution in [0.1, 0.15) is 36.8 Å². The number of nitrogens with zero attached hydrogens (tertiary/aromatic N) is 2. The highest BCUT2D eigenvalue weighted by molar-refractivity contribution is 5.80. The van der Waals surface area contributed by atoms with E-state index in [1.54, 1.807) is 0 Å². The van der Waals surface area contributed by atoms with Gasteiger partial charge in [-0.15, -0.1) is 0 Å². The summed E-state index contributed by atoms with van der Waals surface area (Å²) in [6.07, 6.45) is 6.23. The molecule has 2 aliphatic carbocycles. The maximum absolute atomic E-state index is 12.6. The van der Waals surface area contributed by atoms with Gasteiger partial charge < -0.3 is 15.1 Å². The minimum Gasteiger partial charge on any atom is -0.339 e. The first-order chi connectivity index (χ1) is 12.2. The Balaban J connectivity index is 1.26. The zero-order valence-electron chi connectivity index (χ0n) is 14.7. The molecule has 1 N–H and O–H groups in total. The number of fused-ring (bicyclic) bond motifs is 1. The normalized spacial score (nSPS) is 23.6. The summed E-state index contributed by atoms with van der Waals surface area (Å²) in [4.78, 5) is 28.7. The first-order valence-corrected chi connectivity index (χ1v) is 9.62. The minimum absolute atomic E-state index is 0.0279. The van der Waals surface area contributed by atoms with Crippen LogP contribution in [0.15, 0.2) is 24.3 Å². The molecule has 1 aliphatic heterocycles. The van der Waals surface area contributed by atoms with Crippen molar-refractivity contribution < 1.29 is 9.59 Å². The van der Waals surface area contributed by atoms with Crippen molar-refractivity contribution in [1.82, 2.24) is 15.1 Å². The number of hydrogen-bond donors (Lipinski definition) is 1. The lowest BCUT2D eigenvalue weighted by molar-refractivity contribution is -0.139. The van der Waals surface area contributed by atoms with Crippen molar-refractivity contribution in [2.24, 2.45) is 5.92 Å². The summed E-state index contributed by atoms with van der Waals surface area (Å²) in [5, 5.41) is 3.20. The average molecular weight is 341 g/mol. The Bertz CT molecular complexity index is 648. The van der Waals surface area contributed by atoms with Crippen molar-refractivity contribution >= 4 is 11.9 Å². The molecule has 0 spiro atoms. The Kier molecular flexibility index (Phi) is 4.64. The van der Waals surface area contributed by atoms with Gasteiger partial charge in [0, 0.05) is 38.1 Å². The number of carbonyl (C=O) groups excluding carboxylic acids is 2. The van der Waals surface area contributed by atoms with Gasteiger partial charge in [-0.05, 0) is 43.2 Å². The largest absolute Gasteiger partial charge is 0.339 e. The fourth-order valence-corrected chi connectivity index (χ4v) is 4.13. The summed E-state index contributed by atoms with van der Waals surface area (Å²) < 4.78 is 0. The van der Waals surface area contributed by atoms with E-state index in [0.717, 1.165) is 32.1 Å². The van der Waals surface area contributed by atoms with Crippen LogP contribution in [0.4, 0.5) is 4.79 Å². The highest BCUT2D eigenvalue weighted by atomic mass is 16.2. The van der Waals surface area contributed by atoms with Gasteiger partial charge in [0.15, 0.2) is 0 Å². The number of carbonyl (C=O) groups is 2. The zero-order valence-corrected chi connectivity index (χ0v) is 14.7. The van der Waals surface area contributed by atoms with Crippen LogP contribution in [0.2, 0.25) is 0 Å². The summed E-state index contributed by atoms with van der Waals surface area (Å²) in [7, 11) is 0. The molecule has 3 aliphatic rings. The van der Waals surface area contributed by atoms with Crippen LogP contribution >= 0.6 is 0 Å². The van der Waals surface area contributed by atoms with E-state index in [4.69, 9.17) is 0 Å². The fourth-order valence-electron chi connectivity index (χ4n) is 4.13. The summed E-state index contributed by atoms with van der Waals surface area (Å²) in [5.41, 5.74) is 2.77. The summed E-state index contributed by atoms with van der Waals surface area (Å²) >= 11 is 0. The Morgan fingerprint density at radius 2 is 1.60 bits per heavy atom. The third-order valence-corrected chi connectivity index (χ3v) is 6.01. The van der Waals surface area contributed by atoms with Crippen LogP contribution in [-0.2, 0) is 17.6 Å². The van der Waals surface area contributed by atoms with Crippen LogP contribution in [0.5, 0.6) is 0 Å². The lowest BCUT2D eigenvalue weighted by Crippen LogP contribution is -2.56. The molecule has 134 valence electrons. The molecule has 2 fully saturated rings. The van der Waals surface area contributed by atoms with Crippen molar-refractivity contribution in [2.45, 2.75) is 44.6 Å². The van der Waals surface area contributed by atoms with Crippen molar-refractivity contribution in [3.63, 3.8) is 0 Å². The minimum atomic E-state index is 0.0279. The maximum atomic E-state index is 12.6. The molecule has 1 atom stereocenters. The van der Waals surface area contributed by atoms with Gasteiger partial charge in [0.25, 0.3) is 0 Å². The smallest absolute Gasteiger partial charge is 0.317 e. The fraction of sp³-hybridized carbons (Fsp3) is 0.600. The van der Waals surface area contributed by atoms with Gasteiger partial charge in [-0.2, -0.15) is 0 Å². The average Bonchev–Trinajstić information content (AvgIpc) is 2.60. The number of piperazine rings is 1. The third-order valence-electron chi connectivity index (χ3n) is 6.01. The number of benzene rings is 1. The second kappa shape index (κ2) is 7.06. The van der Waals surface area contributed by atoms with Gasteiger partial charge in [-0.3, -0.25) is 4.79 Å². The molecule has 5 heteroatoms.